The fourth-order valence-corrected chi connectivity index (χ4v) is 2.16. The van der Waals surface area contributed by atoms with Gasteiger partial charge in [-0.15, -0.1) is 11.3 Å². The van der Waals surface area contributed by atoms with Crippen LogP contribution in [0.1, 0.15) is 45.1 Å². The molecule has 1 heterocycles. The zero-order valence-corrected chi connectivity index (χ0v) is 14.9. The first kappa shape index (κ1) is 19.6. The van der Waals surface area contributed by atoms with Gasteiger partial charge in [0.1, 0.15) is 0 Å². The van der Waals surface area contributed by atoms with Crippen molar-refractivity contribution in [3.05, 3.63) is 11.1 Å². The molecule has 0 aliphatic heterocycles. The van der Waals surface area contributed by atoms with Crippen LogP contribution < -0.4 is 16.0 Å². The third kappa shape index (κ3) is 6.73. The van der Waals surface area contributed by atoms with Gasteiger partial charge in [-0.25, -0.2) is 14.6 Å². The Labute approximate surface area is 143 Å². The van der Waals surface area contributed by atoms with E-state index in [1.54, 1.807) is 20.8 Å². The third-order valence-corrected chi connectivity index (χ3v) is 3.13. The van der Waals surface area contributed by atoms with Crippen LogP contribution in [0.2, 0.25) is 0 Å². The van der Waals surface area contributed by atoms with Crippen LogP contribution in [0.25, 0.3) is 0 Å². The Hall–Kier alpha value is -2.49. The molecule has 9 nitrogen and oxygen atoms in total. The summed E-state index contributed by atoms with van der Waals surface area (Å²) in [7, 11) is 0. The normalized spacial score (nSPS) is 12.0. The van der Waals surface area contributed by atoms with Crippen molar-refractivity contribution in [2.45, 2.75) is 46.3 Å². The molecular weight excluding hydrogens is 336 g/mol. The van der Waals surface area contributed by atoms with Gasteiger partial charge in [0.15, 0.2) is 16.9 Å². The molecule has 1 aromatic rings. The predicted octanol–water partition coefficient (Wildman–Crippen LogP) is 1.27. The van der Waals surface area contributed by atoms with Gasteiger partial charge >= 0.3 is 12.0 Å². The minimum atomic E-state index is -1.19. The molecule has 24 heavy (non-hydrogen) atoms. The molecule has 1 rings (SSSR count). The Morgan fingerprint density at radius 1 is 1.25 bits per heavy atom. The number of imide groups is 1. The highest BCUT2D eigenvalue weighted by Gasteiger charge is 2.23. The summed E-state index contributed by atoms with van der Waals surface area (Å²) < 4.78 is 4.95. The second kappa shape index (κ2) is 7.86. The summed E-state index contributed by atoms with van der Waals surface area (Å²) in [6.45, 7) is 7.92. The standard InChI is InChI=1S/C14H20N4O5S/c1-7(10(20)17-12(22)18-14(3,4)5)23-11(21)9-6-24-13(16-9)15-8(2)19/h6-7H,1-5H3,(H,15,16,19)(H2,17,18,20,22). The Balaban J connectivity index is 2.56. The molecule has 0 bridgehead atoms. The fraction of sp³-hybridized carbons (Fsp3) is 0.500. The zero-order valence-electron chi connectivity index (χ0n) is 14.1. The maximum absolute atomic E-state index is 11.9. The van der Waals surface area contributed by atoms with Crippen molar-refractivity contribution in [1.82, 2.24) is 15.6 Å². The molecule has 0 spiro atoms. The van der Waals surface area contributed by atoms with Crippen molar-refractivity contribution in [2.24, 2.45) is 0 Å². The van der Waals surface area contributed by atoms with Crippen molar-refractivity contribution in [3.63, 3.8) is 0 Å². The van der Waals surface area contributed by atoms with Gasteiger partial charge < -0.3 is 15.4 Å². The molecule has 1 atom stereocenters. The minimum Gasteiger partial charge on any atom is -0.448 e. The average molecular weight is 356 g/mol. The number of aromatic nitrogens is 1. The van der Waals surface area contributed by atoms with E-state index in [1.807, 2.05) is 0 Å². The van der Waals surface area contributed by atoms with E-state index in [9.17, 15) is 19.2 Å². The maximum atomic E-state index is 11.9. The van der Waals surface area contributed by atoms with Crippen LogP contribution in [0.4, 0.5) is 9.93 Å². The molecule has 4 amide bonds. The molecule has 132 valence electrons. The number of anilines is 1. The SMILES string of the molecule is CC(=O)Nc1nc(C(=O)OC(C)C(=O)NC(=O)NC(C)(C)C)cs1. The number of ether oxygens (including phenoxy) is 1. The molecule has 0 saturated heterocycles. The number of nitrogens with zero attached hydrogens (tertiary/aromatic N) is 1. The third-order valence-electron chi connectivity index (χ3n) is 2.37. The molecule has 0 radical (unpaired) electrons. The van der Waals surface area contributed by atoms with E-state index < -0.39 is 29.6 Å². The number of carbonyl (C=O) groups excluding carboxylic acids is 4. The highest BCUT2D eigenvalue weighted by molar-refractivity contribution is 7.14. The maximum Gasteiger partial charge on any atom is 0.358 e. The molecule has 3 N–H and O–H groups in total. The number of amides is 4. The molecule has 0 aliphatic rings. The molecule has 0 saturated carbocycles. The summed E-state index contributed by atoms with van der Waals surface area (Å²) in [5.74, 6) is -1.91. The van der Waals surface area contributed by atoms with Crippen LogP contribution >= 0.6 is 11.3 Å². The molecule has 0 fully saturated rings. The van der Waals surface area contributed by atoms with Gasteiger partial charge in [-0.1, -0.05) is 0 Å². The quantitative estimate of drug-likeness (QED) is 0.697. The van der Waals surface area contributed by atoms with E-state index in [0.29, 0.717) is 0 Å². The van der Waals surface area contributed by atoms with Crippen LogP contribution in [0.3, 0.4) is 0 Å². The lowest BCUT2D eigenvalue weighted by Crippen LogP contribution is -2.50. The molecule has 1 aromatic heterocycles. The highest BCUT2D eigenvalue weighted by Crippen LogP contribution is 2.16. The lowest BCUT2D eigenvalue weighted by Gasteiger charge is -2.21. The molecule has 0 aliphatic carbocycles. The van der Waals surface area contributed by atoms with E-state index in [-0.39, 0.29) is 16.7 Å². The Bertz CT molecular complexity index is 650. The number of hydrogen-bond donors (Lipinski definition) is 3. The van der Waals surface area contributed by atoms with Gasteiger partial charge in [0, 0.05) is 17.8 Å². The van der Waals surface area contributed by atoms with Crippen molar-refractivity contribution in [1.29, 1.82) is 0 Å². The van der Waals surface area contributed by atoms with Crippen molar-refractivity contribution >= 4 is 40.3 Å². The first-order valence-corrected chi connectivity index (χ1v) is 7.93. The summed E-state index contributed by atoms with van der Waals surface area (Å²) >= 11 is 1.05. The number of esters is 1. The summed E-state index contributed by atoms with van der Waals surface area (Å²) in [4.78, 5) is 50.1. The predicted molar refractivity (Wildman–Crippen MR) is 87.7 cm³/mol. The Kier molecular flexibility index (Phi) is 6.41. The van der Waals surface area contributed by atoms with Crippen molar-refractivity contribution < 1.29 is 23.9 Å². The van der Waals surface area contributed by atoms with Crippen molar-refractivity contribution in [2.75, 3.05) is 5.32 Å². The smallest absolute Gasteiger partial charge is 0.358 e. The highest BCUT2D eigenvalue weighted by atomic mass is 32.1. The monoisotopic (exact) mass is 356 g/mol. The van der Waals surface area contributed by atoms with Crippen LogP contribution in [-0.2, 0) is 14.3 Å². The van der Waals surface area contributed by atoms with Crippen LogP contribution in [0.15, 0.2) is 5.38 Å². The summed E-state index contributed by atoms with van der Waals surface area (Å²) in [6, 6.07) is -0.683. The molecule has 0 aromatic carbocycles. The molecule has 10 heteroatoms. The first-order valence-electron chi connectivity index (χ1n) is 7.05. The van der Waals surface area contributed by atoms with E-state index in [2.05, 4.69) is 20.9 Å². The summed E-state index contributed by atoms with van der Waals surface area (Å²) in [5.41, 5.74) is -0.548. The van der Waals surface area contributed by atoms with Crippen LogP contribution in [-0.4, -0.2) is 40.4 Å². The molecular formula is C14H20N4O5S. The van der Waals surface area contributed by atoms with E-state index in [1.165, 1.54) is 19.2 Å². The number of nitrogens with one attached hydrogen (secondary N) is 3. The van der Waals surface area contributed by atoms with Gasteiger partial charge in [-0.3, -0.25) is 14.9 Å². The van der Waals surface area contributed by atoms with Gasteiger partial charge in [0.25, 0.3) is 5.91 Å². The van der Waals surface area contributed by atoms with E-state index >= 15 is 0 Å². The van der Waals surface area contributed by atoms with Crippen LogP contribution in [0, 0.1) is 0 Å². The summed E-state index contributed by atoms with van der Waals surface area (Å²) in [6.07, 6.45) is -1.19. The minimum absolute atomic E-state index is 0.0393. The fourth-order valence-electron chi connectivity index (χ4n) is 1.44. The van der Waals surface area contributed by atoms with E-state index in [0.717, 1.165) is 11.3 Å². The number of hydrogen-bond acceptors (Lipinski definition) is 7. The number of urea groups is 1. The Morgan fingerprint density at radius 2 is 1.88 bits per heavy atom. The van der Waals surface area contributed by atoms with E-state index in [4.69, 9.17) is 4.74 Å². The molecule has 1 unspecified atom stereocenters. The number of rotatable bonds is 4. The van der Waals surface area contributed by atoms with Gasteiger partial charge in [-0.2, -0.15) is 0 Å². The van der Waals surface area contributed by atoms with Gasteiger partial charge in [-0.05, 0) is 27.7 Å². The lowest BCUT2D eigenvalue weighted by atomic mass is 10.1. The van der Waals surface area contributed by atoms with Crippen LogP contribution in [0.5, 0.6) is 0 Å². The van der Waals surface area contributed by atoms with Crippen molar-refractivity contribution in [3.8, 4) is 0 Å². The lowest BCUT2D eigenvalue weighted by molar-refractivity contribution is -0.128. The Morgan fingerprint density at radius 3 is 2.42 bits per heavy atom. The van der Waals surface area contributed by atoms with Gasteiger partial charge in [0.05, 0.1) is 0 Å². The number of thiazole rings is 1. The van der Waals surface area contributed by atoms with Gasteiger partial charge in [0.2, 0.25) is 5.91 Å². The topological polar surface area (TPSA) is 126 Å². The largest absolute Gasteiger partial charge is 0.448 e. The number of carbonyl (C=O) groups is 4. The zero-order chi connectivity index (χ0) is 18.5. The second-order valence-corrected chi connectivity index (χ2v) is 6.82. The second-order valence-electron chi connectivity index (χ2n) is 5.96. The summed E-state index contributed by atoms with van der Waals surface area (Å²) in [5, 5.41) is 8.70. The first-order chi connectivity index (χ1) is 11.0. The average Bonchev–Trinajstić information content (AvgIpc) is 2.83.